The maximum atomic E-state index is 9.79. The molecule has 0 saturated heterocycles. The highest BCUT2D eigenvalue weighted by Crippen LogP contribution is 2.16. The first-order valence-corrected chi connectivity index (χ1v) is 5.89. The summed E-state index contributed by atoms with van der Waals surface area (Å²) in [5, 5.41) is 9.79. The minimum Gasteiger partial charge on any atom is -0.393 e. The molecule has 0 amide bonds. The molecule has 0 bridgehead atoms. The van der Waals surface area contributed by atoms with Crippen LogP contribution in [0.4, 0.5) is 0 Å². The van der Waals surface area contributed by atoms with Crippen LogP contribution in [0.2, 0.25) is 0 Å². The van der Waals surface area contributed by atoms with Gasteiger partial charge in [0.05, 0.1) is 6.10 Å². The van der Waals surface area contributed by atoms with Crippen molar-refractivity contribution in [2.75, 3.05) is 0 Å². The second kappa shape index (κ2) is 8.05. The largest absolute Gasteiger partial charge is 0.393 e. The lowest BCUT2D eigenvalue weighted by molar-refractivity contribution is 0.101. The molecule has 0 aliphatic carbocycles. The highest BCUT2D eigenvalue weighted by Gasteiger charge is 2.12. The summed E-state index contributed by atoms with van der Waals surface area (Å²) in [6.45, 7) is 8.57. The first kappa shape index (κ1) is 13.7. The molecule has 84 valence electrons. The van der Waals surface area contributed by atoms with E-state index in [2.05, 4.69) is 33.8 Å². The van der Waals surface area contributed by atoms with Gasteiger partial charge in [0.15, 0.2) is 0 Å². The summed E-state index contributed by atoms with van der Waals surface area (Å²) in [6.07, 6.45) is 7.66. The topological polar surface area (TPSA) is 20.2 Å². The van der Waals surface area contributed by atoms with Crippen molar-refractivity contribution < 1.29 is 5.11 Å². The van der Waals surface area contributed by atoms with Crippen molar-refractivity contribution in [2.24, 2.45) is 5.92 Å². The lowest BCUT2D eigenvalue weighted by Crippen LogP contribution is -2.17. The van der Waals surface area contributed by atoms with Crippen LogP contribution in [-0.4, -0.2) is 11.2 Å². The van der Waals surface area contributed by atoms with E-state index in [-0.39, 0.29) is 6.10 Å². The third-order valence-corrected chi connectivity index (χ3v) is 2.68. The molecule has 0 spiro atoms. The molecule has 0 aromatic heterocycles. The number of aliphatic hydroxyl groups is 1. The van der Waals surface area contributed by atoms with E-state index in [0.29, 0.717) is 5.92 Å². The molecular formula is C13H26O. The Balaban J connectivity index is 3.61. The zero-order chi connectivity index (χ0) is 11.0. The van der Waals surface area contributed by atoms with E-state index in [9.17, 15) is 5.11 Å². The molecule has 0 aliphatic heterocycles. The summed E-state index contributed by atoms with van der Waals surface area (Å²) >= 11 is 0. The molecule has 1 heteroatoms. The first-order valence-electron chi connectivity index (χ1n) is 5.89. The van der Waals surface area contributed by atoms with Crippen LogP contribution in [-0.2, 0) is 0 Å². The van der Waals surface area contributed by atoms with E-state index in [1.54, 1.807) is 0 Å². The highest BCUT2D eigenvalue weighted by molar-refractivity contribution is 4.92. The van der Waals surface area contributed by atoms with Crippen molar-refractivity contribution in [3.63, 3.8) is 0 Å². The van der Waals surface area contributed by atoms with Gasteiger partial charge < -0.3 is 5.11 Å². The highest BCUT2D eigenvalue weighted by atomic mass is 16.3. The Bertz CT molecular complexity index is 157. The molecule has 0 fully saturated rings. The number of unbranched alkanes of at least 4 members (excludes halogenated alkanes) is 1. The van der Waals surface area contributed by atoms with E-state index < -0.39 is 0 Å². The van der Waals surface area contributed by atoms with E-state index in [1.165, 1.54) is 12.0 Å². The number of hydrogen-bond acceptors (Lipinski definition) is 1. The molecule has 0 aromatic carbocycles. The van der Waals surface area contributed by atoms with Gasteiger partial charge in [0.1, 0.15) is 0 Å². The molecule has 0 radical (unpaired) electrons. The quantitative estimate of drug-likeness (QED) is 0.615. The van der Waals surface area contributed by atoms with Crippen molar-refractivity contribution in [1.82, 2.24) is 0 Å². The van der Waals surface area contributed by atoms with E-state index in [0.717, 1.165) is 25.7 Å². The van der Waals surface area contributed by atoms with Gasteiger partial charge in [-0.3, -0.25) is 0 Å². The van der Waals surface area contributed by atoms with Gasteiger partial charge in [0.2, 0.25) is 0 Å². The summed E-state index contributed by atoms with van der Waals surface area (Å²) in [6, 6.07) is 0. The smallest absolute Gasteiger partial charge is 0.0565 e. The maximum Gasteiger partial charge on any atom is 0.0565 e. The van der Waals surface area contributed by atoms with Gasteiger partial charge in [0, 0.05) is 0 Å². The van der Waals surface area contributed by atoms with Crippen LogP contribution in [0.1, 0.15) is 59.8 Å². The van der Waals surface area contributed by atoms with Crippen LogP contribution in [0, 0.1) is 5.92 Å². The van der Waals surface area contributed by atoms with E-state index in [1.807, 2.05) is 0 Å². The second-order valence-corrected chi connectivity index (χ2v) is 4.55. The molecule has 0 saturated carbocycles. The molecular weight excluding hydrogens is 172 g/mol. The Morgan fingerprint density at radius 1 is 1.29 bits per heavy atom. The monoisotopic (exact) mass is 198 g/mol. The Kier molecular flexibility index (Phi) is 7.87. The number of hydrogen-bond donors (Lipinski definition) is 1. The van der Waals surface area contributed by atoms with Gasteiger partial charge in [-0.2, -0.15) is 0 Å². The van der Waals surface area contributed by atoms with Crippen LogP contribution in [0.25, 0.3) is 0 Å². The summed E-state index contributed by atoms with van der Waals surface area (Å²) in [5.41, 5.74) is 1.38. The lowest BCUT2D eigenvalue weighted by atomic mass is 9.95. The van der Waals surface area contributed by atoms with Gasteiger partial charge >= 0.3 is 0 Å². The van der Waals surface area contributed by atoms with Crippen LogP contribution in [0.3, 0.4) is 0 Å². The average Bonchev–Trinajstić information content (AvgIpc) is 2.13. The van der Waals surface area contributed by atoms with Crippen LogP contribution in [0.5, 0.6) is 0 Å². The van der Waals surface area contributed by atoms with Gasteiger partial charge in [-0.1, -0.05) is 38.3 Å². The molecule has 1 nitrogen and oxygen atoms in total. The lowest BCUT2D eigenvalue weighted by Gasteiger charge is -2.17. The van der Waals surface area contributed by atoms with Crippen molar-refractivity contribution >= 4 is 0 Å². The Hall–Kier alpha value is -0.300. The minimum atomic E-state index is -0.0967. The summed E-state index contributed by atoms with van der Waals surface area (Å²) < 4.78 is 0. The van der Waals surface area contributed by atoms with Gasteiger partial charge in [-0.15, -0.1) is 0 Å². The van der Waals surface area contributed by atoms with E-state index >= 15 is 0 Å². The fourth-order valence-electron chi connectivity index (χ4n) is 1.53. The van der Waals surface area contributed by atoms with E-state index in [4.69, 9.17) is 0 Å². The standard InChI is InChI=1S/C13H26O/c1-5-6-10-13(14)12(4)9-7-8-11(2)3/h8,12-14H,5-7,9-10H2,1-4H3/t12-,13+/m0/s1. The van der Waals surface area contributed by atoms with Crippen LogP contribution < -0.4 is 0 Å². The van der Waals surface area contributed by atoms with Crippen molar-refractivity contribution in [3.8, 4) is 0 Å². The predicted molar refractivity (Wildman–Crippen MR) is 63.4 cm³/mol. The average molecular weight is 198 g/mol. The molecule has 0 aromatic rings. The number of aliphatic hydroxyl groups excluding tert-OH is 1. The fourth-order valence-corrected chi connectivity index (χ4v) is 1.53. The third-order valence-electron chi connectivity index (χ3n) is 2.68. The van der Waals surface area contributed by atoms with Crippen molar-refractivity contribution in [3.05, 3.63) is 11.6 Å². The maximum absolute atomic E-state index is 9.79. The molecule has 2 atom stereocenters. The molecule has 0 heterocycles. The first-order chi connectivity index (χ1) is 6.57. The zero-order valence-corrected chi connectivity index (χ0v) is 10.2. The minimum absolute atomic E-state index is 0.0967. The number of rotatable bonds is 7. The second-order valence-electron chi connectivity index (χ2n) is 4.55. The number of allylic oxidation sites excluding steroid dienone is 2. The third kappa shape index (κ3) is 7.14. The van der Waals surface area contributed by atoms with Crippen LogP contribution >= 0.6 is 0 Å². The molecule has 1 N–H and O–H groups in total. The Morgan fingerprint density at radius 2 is 1.93 bits per heavy atom. The van der Waals surface area contributed by atoms with Crippen molar-refractivity contribution in [1.29, 1.82) is 0 Å². The Morgan fingerprint density at radius 3 is 2.43 bits per heavy atom. The molecule has 0 unspecified atom stereocenters. The zero-order valence-electron chi connectivity index (χ0n) is 10.2. The fraction of sp³-hybridized carbons (Fsp3) is 0.846. The summed E-state index contributed by atoms with van der Waals surface area (Å²) in [4.78, 5) is 0. The van der Waals surface area contributed by atoms with Crippen molar-refractivity contribution in [2.45, 2.75) is 65.9 Å². The SMILES string of the molecule is CCCC[C@@H](O)[C@@H](C)CCC=C(C)C. The molecule has 14 heavy (non-hydrogen) atoms. The summed E-state index contributed by atoms with van der Waals surface area (Å²) in [5.74, 6) is 0.442. The van der Waals surface area contributed by atoms with Gasteiger partial charge in [0.25, 0.3) is 0 Å². The predicted octanol–water partition coefficient (Wildman–Crippen LogP) is 3.92. The molecule has 0 rings (SSSR count). The van der Waals surface area contributed by atoms with Crippen LogP contribution in [0.15, 0.2) is 11.6 Å². The normalized spacial score (nSPS) is 14.9. The molecule has 0 aliphatic rings. The van der Waals surface area contributed by atoms with Gasteiger partial charge in [-0.05, 0) is 39.0 Å². The Labute approximate surface area is 89.2 Å². The van der Waals surface area contributed by atoms with Gasteiger partial charge in [-0.25, -0.2) is 0 Å². The summed E-state index contributed by atoms with van der Waals surface area (Å²) in [7, 11) is 0.